The molecule has 1 atom stereocenters. The molecule has 4 aromatic rings. The third-order valence-corrected chi connectivity index (χ3v) is 10.7. The van der Waals surface area contributed by atoms with Gasteiger partial charge in [0.05, 0.1) is 58.5 Å². The predicted octanol–water partition coefficient (Wildman–Crippen LogP) is 6.94. The number of rotatable bonds is 35. The number of benzene rings is 3. The molecule has 0 fully saturated rings. The van der Waals surface area contributed by atoms with Gasteiger partial charge in [-0.15, -0.1) is 5.10 Å². The first-order chi connectivity index (χ1) is 32.6. The number of allylic oxidation sites excluding steroid dienone is 2. The van der Waals surface area contributed by atoms with Gasteiger partial charge in [0.25, 0.3) is 0 Å². The highest BCUT2D eigenvalue weighted by Gasteiger charge is 2.33. The predicted molar refractivity (Wildman–Crippen MR) is 262 cm³/mol. The van der Waals surface area contributed by atoms with E-state index in [4.69, 9.17) is 23.7 Å². The molecule has 0 aliphatic rings. The number of carbonyl (C=O) groups is 3. The molecule has 0 aliphatic carbocycles. The number of aryl methyl sites for hydroxylation is 2. The number of carbonyl (C=O) groups excluding carboxylic acids is 3. The van der Waals surface area contributed by atoms with Crippen LogP contribution in [0.3, 0.4) is 0 Å². The van der Waals surface area contributed by atoms with Crippen LogP contribution in [-0.2, 0) is 48.0 Å². The van der Waals surface area contributed by atoms with Crippen molar-refractivity contribution in [1.29, 1.82) is 0 Å². The number of hydrogen-bond acceptors (Lipinski definition) is 11. The Labute approximate surface area is 397 Å². The molecule has 0 saturated heterocycles. The van der Waals surface area contributed by atoms with Crippen LogP contribution < -0.4 is 20.1 Å². The van der Waals surface area contributed by atoms with Gasteiger partial charge in [-0.05, 0) is 107 Å². The topological polar surface area (TPSA) is 159 Å². The summed E-state index contributed by atoms with van der Waals surface area (Å²) in [5, 5.41) is 14.0. The summed E-state index contributed by atoms with van der Waals surface area (Å²) in [5.41, 5.74) is 5.27. The molecule has 1 heterocycles. The number of anilines is 1. The Morgan fingerprint density at radius 3 is 2.15 bits per heavy atom. The lowest BCUT2D eigenvalue weighted by molar-refractivity contribution is -0.142. The highest BCUT2D eigenvalue weighted by atomic mass is 16.5. The van der Waals surface area contributed by atoms with E-state index in [9.17, 15) is 14.4 Å². The molecule has 0 spiro atoms. The van der Waals surface area contributed by atoms with Crippen molar-refractivity contribution < 1.29 is 38.1 Å². The molecule has 0 radical (unpaired) electrons. The van der Waals surface area contributed by atoms with Crippen LogP contribution in [0.15, 0.2) is 116 Å². The van der Waals surface area contributed by atoms with E-state index < -0.39 is 6.04 Å². The number of amides is 3. The van der Waals surface area contributed by atoms with E-state index in [1.54, 1.807) is 52.1 Å². The van der Waals surface area contributed by atoms with Gasteiger partial charge < -0.3 is 44.1 Å². The zero-order chi connectivity index (χ0) is 48.1. The average Bonchev–Trinajstić information content (AvgIpc) is 3.79. The quantitative estimate of drug-likeness (QED) is 0.0280. The molecule has 0 bridgehead atoms. The van der Waals surface area contributed by atoms with Gasteiger partial charge >= 0.3 is 0 Å². The zero-order valence-electron chi connectivity index (χ0n) is 39.9. The number of ether oxygens (including phenoxy) is 5. The number of aromatic nitrogens is 3. The Kier molecular flexibility index (Phi) is 24.7. The van der Waals surface area contributed by atoms with Crippen LogP contribution in [0.5, 0.6) is 11.5 Å². The van der Waals surface area contributed by atoms with Crippen LogP contribution >= 0.6 is 0 Å². The van der Waals surface area contributed by atoms with Crippen LogP contribution in [0.4, 0.5) is 5.69 Å². The Hall–Kier alpha value is -6.13. The van der Waals surface area contributed by atoms with E-state index >= 15 is 0 Å². The summed E-state index contributed by atoms with van der Waals surface area (Å²) in [6.45, 7) is 20.3. The van der Waals surface area contributed by atoms with Gasteiger partial charge in [0, 0.05) is 43.9 Å². The van der Waals surface area contributed by atoms with Gasteiger partial charge in [-0.2, -0.15) is 0 Å². The molecule has 15 heteroatoms. The highest BCUT2D eigenvalue weighted by Crippen LogP contribution is 2.26. The Balaban J connectivity index is 1.02. The summed E-state index contributed by atoms with van der Waals surface area (Å²) < 4.78 is 30.6. The van der Waals surface area contributed by atoms with Crippen molar-refractivity contribution in [3.05, 3.63) is 138 Å². The minimum absolute atomic E-state index is 0.0899. The standard InChI is InChI=1S/C52H71N7O8/c1-7-11-43(8-2)38-53-52(62)51(45-17-12-42(5)13-18-45)59(41(3)4)50(61)25-16-44-14-21-48(22-15-44)66-30-10-9-27-57(6)28-32-64-35-34-63-31-26-47-39-58(56-55-47)29-33-65-36-37-67-49-23-19-46(20-24-49)54-40-60/h7-8,11-15,17-24,39-41,51H,1-2,9-10,16,25-38H2,3-6H3,(H,53,62)(H,54,60)/b43-11+. The SMILES string of the molecule is C=C/C=C(\C=C)CNC(=O)C(c1ccc(C)cc1)N(C(=O)CCc1ccc(OCCCCN(C)CCOCCOCCc2cn(CCOCCOc3ccc(NC=O)cc3)nn2)cc1)C(C)C. The van der Waals surface area contributed by atoms with Crippen molar-refractivity contribution in [2.75, 3.05) is 84.9 Å². The molecule has 67 heavy (non-hydrogen) atoms. The van der Waals surface area contributed by atoms with Crippen molar-refractivity contribution in [1.82, 2.24) is 30.1 Å². The second-order valence-electron chi connectivity index (χ2n) is 16.3. The average molecular weight is 922 g/mol. The molecular formula is C52H71N7O8. The number of hydrogen-bond donors (Lipinski definition) is 2. The van der Waals surface area contributed by atoms with Gasteiger partial charge in [-0.25, -0.2) is 4.68 Å². The van der Waals surface area contributed by atoms with Crippen LogP contribution in [-0.4, -0.2) is 129 Å². The van der Waals surface area contributed by atoms with E-state index in [1.807, 2.05) is 75.5 Å². The smallest absolute Gasteiger partial charge is 0.247 e. The maximum absolute atomic E-state index is 13.8. The lowest BCUT2D eigenvalue weighted by Crippen LogP contribution is -2.47. The van der Waals surface area contributed by atoms with Crippen molar-refractivity contribution in [3.8, 4) is 11.5 Å². The van der Waals surface area contributed by atoms with E-state index in [0.717, 1.165) is 59.6 Å². The van der Waals surface area contributed by atoms with E-state index in [-0.39, 0.29) is 30.8 Å². The van der Waals surface area contributed by atoms with Crippen molar-refractivity contribution in [3.63, 3.8) is 0 Å². The number of unbranched alkanes of at least 4 members (excludes halogenated alkanes) is 1. The number of nitrogens with zero attached hydrogens (tertiary/aromatic N) is 5. The largest absolute Gasteiger partial charge is 0.494 e. The maximum Gasteiger partial charge on any atom is 0.247 e. The minimum atomic E-state index is -0.777. The van der Waals surface area contributed by atoms with Crippen LogP contribution in [0, 0.1) is 6.92 Å². The van der Waals surface area contributed by atoms with Gasteiger partial charge in [0.2, 0.25) is 18.2 Å². The summed E-state index contributed by atoms with van der Waals surface area (Å²) >= 11 is 0. The monoisotopic (exact) mass is 922 g/mol. The van der Waals surface area contributed by atoms with Crippen LogP contribution in [0.2, 0.25) is 0 Å². The Morgan fingerprint density at radius 1 is 0.791 bits per heavy atom. The van der Waals surface area contributed by atoms with Gasteiger partial charge in [0.15, 0.2) is 0 Å². The zero-order valence-corrected chi connectivity index (χ0v) is 39.9. The minimum Gasteiger partial charge on any atom is -0.494 e. The van der Waals surface area contributed by atoms with E-state index in [0.29, 0.717) is 90.1 Å². The van der Waals surface area contributed by atoms with Crippen LogP contribution in [0.1, 0.15) is 61.5 Å². The molecule has 3 amide bonds. The third-order valence-electron chi connectivity index (χ3n) is 10.7. The maximum atomic E-state index is 13.8. The lowest BCUT2D eigenvalue weighted by atomic mass is 9.99. The van der Waals surface area contributed by atoms with Crippen molar-refractivity contribution in [2.45, 2.75) is 71.5 Å². The third kappa shape index (κ3) is 20.5. The molecule has 0 saturated carbocycles. The summed E-state index contributed by atoms with van der Waals surface area (Å²) in [6.07, 6.45) is 11.1. The molecular weight excluding hydrogens is 851 g/mol. The van der Waals surface area contributed by atoms with Gasteiger partial charge in [0.1, 0.15) is 24.1 Å². The number of nitrogens with one attached hydrogen (secondary N) is 2. The first kappa shape index (κ1) is 53.5. The first-order valence-electron chi connectivity index (χ1n) is 23.1. The van der Waals surface area contributed by atoms with Crippen LogP contribution in [0.25, 0.3) is 0 Å². The van der Waals surface area contributed by atoms with Crippen molar-refractivity contribution >= 4 is 23.9 Å². The Morgan fingerprint density at radius 2 is 1.46 bits per heavy atom. The van der Waals surface area contributed by atoms with E-state index in [2.05, 4.69) is 46.1 Å². The van der Waals surface area contributed by atoms with E-state index in [1.165, 1.54) is 0 Å². The molecule has 1 unspecified atom stereocenters. The molecule has 1 aromatic heterocycles. The molecule has 2 N–H and O–H groups in total. The lowest BCUT2D eigenvalue weighted by Gasteiger charge is -2.35. The molecule has 0 aliphatic heterocycles. The summed E-state index contributed by atoms with van der Waals surface area (Å²) in [5.74, 6) is 1.17. The molecule has 15 nitrogen and oxygen atoms in total. The fraction of sp³-hybridized carbons (Fsp3) is 0.442. The summed E-state index contributed by atoms with van der Waals surface area (Å²) in [4.78, 5) is 42.0. The summed E-state index contributed by atoms with van der Waals surface area (Å²) in [7, 11) is 2.09. The fourth-order valence-electron chi connectivity index (χ4n) is 6.95. The van der Waals surface area contributed by atoms with Gasteiger partial charge in [-0.3, -0.25) is 14.4 Å². The second-order valence-corrected chi connectivity index (χ2v) is 16.3. The fourth-order valence-corrected chi connectivity index (χ4v) is 6.95. The second kappa shape index (κ2) is 31.0. The highest BCUT2D eigenvalue weighted by molar-refractivity contribution is 5.89. The first-order valence-corrected chi connectivity index (χ1v) is 23.1. The number of likely N-dealkylation sites (N-methyl/N-ethyl adjacent to an activating group) is 1. The molecule has 3 aromatic carbocycles. The Bertz CT molecular complexity index is 2090. The van der Waals surface area contributed by atoms with Crippen molar-refractivity contribution in [2.24, 2.45) is 0 Å². The molecule has 4 rings (SSSR count). The molecule has 362 valence electrons. The van der Waals surface area contributed by atoms with Gasteiger partial charge in [-0.1, -0.05) is 78.6 Å². The summed E-state index contributed by atoms with van der Waals surface area (Å²) in [6, 6.07) is 21.8. The normalized spacial score (nSPS) is 11.9.